The molecular weight excluding hydrogens is 625 g/mol. The highest BCUT2D eigenvalue weighted by atomic mass is 32.2. The van der Waals surface area contributed by atoms with Crippen molar-refractivity contribution in [3.8, 4) is 0 Å². The molecule has 3 fully saturated rings. The van der Waals surface area contributed by atoms with Gasteiger partial charge in [0.2, 0.25) is 11.9 Å². The van der Waals surface area contributed by atoms with Crippen molar-refractivity contribution in [2.24, 2.45) is 5.92 Å². The molecule has 3 aromatic rings. The van der Waals surface area contributed by atoms with Gasteiger partial charge in [-0.05, 0) is 54.5 Å². The number of methoxy groups -OCH3 is 1. The monoisotopic (exact) mass is 667 g/mol. The lowest BCUT2D eigenvalue weighted by molar-refractivity contribution is -0.126. The van der Waals surface area contributed by atoms with Gasteiger partial charge in [-0.2, -0.15) is 4.98 Å². The largest absolute Gasteiger partial charge is 0.382 e. The van der Waals surface area contributed by atoms with E-state index in [-0.39, 0.29) is 30.2 Å². The van der Waals surface area contributed by atoms with Gasteiger partial charge in [0.25, 0.3) is 0 Å². The zero-order valence-corrected chi connectivity index (χ0v) is 27.7. The van der Waals surface area contributed by atoms with Crippen LogP contribution in [0.15, 0.2) is 49.3 Å². The Morgan fingerprint density at radius 2 is 1.91 bits per heavy atom. The molecule has 0 spiro atoms. The maximum Gasteiger partial charge on any atom is 0.246 e. The molecule has 3 aliphatic heterocycles. The Morgan fingerprint density at radius 3 is 2.66 bits per heavy atom. The second kappa shape index (κ2) is 14.1. The average molecular weight is 668 g/mol. The number of anilines is 4. The van der Waals surface area contributed by atoms with Crippen LogP contribution in [0.25, 0.3) is 10.8 Å². The number of nitrogens with one attached hydrogen (secondary N) is 1. The molecule has 3 aliphatic rings. The molecular formula is C33H42FN7O5S. The summed E-state index contributed by atoms with van der Waals surface area (Å²) in [7, 11) is -1.47. The minimum atomic E-state index is -3.06. The molecule has 47 heavy (non-hydrogen) atoms. The van der Waals surface area contributed by atoms with Gasteiger partial charge >= 0.3 is 0 Å². The normalized spacial score (nSPS) is 22.0. The minimum absolute atomic E-state index is 0.0813. The number of carbonyl (C=O) groups is 1. The summed E-state index contributed by atoms with van der Waals surface area (Å²) in [4.78, 5) is 32.4. The number of hydrogen-bond donors (Lipinski definition) is 1. The smallest absolute Gasteiger partial charge is 0.246 e. The summed E-state index contributed by atoms with van der Waals surface area (Å²) >= 11 is 0. The van der Waals surface area contributed by atoms with E-state index in [4.69, 9.17) is 14.5 Å². The third-order valence-electron chi connectivity index (χ3n) is 9.10. The first-order valence-electron chi connectivity index (χ1n) is 16.0. The Hall–Kier alpha value is -3.88. The molecule has 3 saturated heterocycles. The Balaban J connectivity index is 1.25. The molecule has 0 saturated carbocycles. The fraction of sp³-hybridized carbons (Fsp3) is 0.515. The number of fused-ring (bicyclic) bond motifs is 1. The first-order valence-corrected chi connectivity index (χ1v) is 18.1. The average Bonchev–Trinajstić information content (AvgIpc) is 3.52. The van der Waals surface area contributed by atoms with Gasteiger partial charge < -0.3 is 29.5 Å². The van der Waals surface area contributed by atoms with E-state index >= 15 is 0 Å². The molecule has 14 heteroatoms. The number of piperidine rings is 1. The van der Waals surface area contributed by atoms with Crippen molar-refractivity contribution >= 4 is 49.8 Å². The van der Waals surface area contributed by atoms with Crippen LogP contribution in [0.2, 0.25) is 0 Å². The van der Waals surface area contributed by atoms with Crippen LogP contribution in [0, 0.1) is 5.92 Å². The summed E-state index contributed by atoms with van der Waals surface area (Å²) in [6, 6.07) is 7.73. The topological polar surface area (TPSA) is 130 Å². The molecule has 0 aliphatic carbocycles. The standard InChI is InChI=1S/C33H42FN7O5S/c1-4-32(42)41-12-5-6-28(41)23-7-8-27(40-18-22(19-40)21-47(3,43)44)25-17-36-31(16-24(23)25)37-30-9-11-35-33(38-30)39-13-10-29(26(34)20-39)46-15-14-45-2/h4,7-9,11,16-17,22,26,28-29H,1,5-6,10,12-15,18-21H2,2-3H3,(H,35,36,37,38)/t26-,28-,29+/m0/s1. The molecule has 1 N–H and O–H groups in total. The second-order valence-electron chi connectivity index (χ2n) is 12.6. The van der Waals surface area contributed by atoms with Crippen molar-refractivity contribution in [2.75, 3.05) is 80.2 Å². The number of sulfone groups is 1. The molecule has 3 atom stereocenters. The molecule has 0 unspecified atom stereocenters. The zero-order chi connectivity index (χ0) is 33.1. The van der Waals surface area contributed by atoms with Gasteiger partial charge in [0.15, 0.2) is 0 Å². The van der Waals surface area contributed by atoms with Crippen molar-refractivity contribution in [2.45, 2.75) is 37.6 Å². The van der Waals surface area contributed by atoms with Crippen LogP contribution in [0.1, 0.15) is 30.9 Å². The van der Waals surface area contributed by atoms with Gasteiger partial charge in [0, 0.05) is 68.9 Å². The number of alkyl halides is 1. The van der Waals surface area contributed by atoms with Gasteiger partial charge in [-0.1, -0.05) is 12.6 Å². The second-order valence-corrected chi connectivity index (χ2v) is 14.8. The lowest BCUT2D eigenvalue weighted by Crippen LogP contribution is -2.49. The number of amides is 1. The van der Waals surface area contributed by atoms with E-state index in [0.29, 0.717) is 63.4 Å². The minimum Gasteiger partial charge on any atom is -0.382 e. The summed E-state index contributed by atoms with van der Waals surface area (Å²) in [6.45, 7) is 7.11. The highest BCUT2D eigenvalue weighted by Crippen LogP contribution is 2.41. The molecule has 12 nitrogen and oxygen atoms in total. The number of halogens is 1. The highest BCUT2D eigenvalue weighted by molar-refractivity contribution is 7.90. The molecule has 0 bridgehead atoms. The third-order valence-corrected chi connectivity index (χ3v) is 10.2. The fourth-order valence-corrected chi connectivity index (χ4v) is 7.96. The van der Waals surface area contributed by atoms with Crippen molar-refractivity contribution in [1.82, 2.24) is 19.9 Å². The summed E-state index contributed by atoms with van der Waals surface area (Å²) in [6.07, 6.45) is 6.67. The molecule has 2 aromatic heterocycles. The summed E-state index contributed by atoms with van der Waals surface area (Å²) < 4.78 is 49.3. The molecule has 6 rings (SSSR count). The number of hydrogen-bond acceptors (Lipinski definition) is 11. The first-order chi connectivity index (χ1) is 22.6. The number of carbonyl (C=O) groups excluding carboxylic acids is 1. The van der Waals surface area contributed by atoms with E-state index in [0.717, 1.165) is 34.9 Å². The predicted octanol–water partition coefficient (Wildman–Crippen LogP) is 3.68. The Kier molecular flexibility index (Phi) is 9.90. The van der Waals surface area contributed by atoms with Crippen molar-refractivity contribution in [3.63, 3.8) is 0 Å². The van der Waals surface area contributed by atoms with E-state index in [1.54, 1.807) is 19.4 Å². The van der Waals surface area contributed by atoms with Crippen LogP contribution in [0.5, 0.6) is 0 Å². The predicted molar refractivity (Wildman–Crippen MR) is 180 cm³/mol. The lowest BCUT2D eigenvalue weighted by atomic mass is 9.94. The zero-order valence-electron chi connectivity index (χ0n) is 26.8. The summed E-state index contributed by atoms with van der Waals surface area (Å²) in [5, 5.41) is 5.18. The quantitative estimate of drug-likeness (QED) is 0.224. The number of benzene rings is 1. The maximum atomic E-state index is 14.9. The Bertz CT molecular complexity index is 1720. The third kappa shape index (κ3) is 7.49. The summed E-state index contributed by atoms with van der Waals surface area (Å²) in [5.41, 5.74) is 2.00. The molecule has 0 radical (unpaired) electrons. The number of ether oxygens (including phenoxy) is 2. The van der Waals surface area contributed by atoms with Gasteiger partial charge in [0.1, 0.15) is 27.6 Å². The number of nitrogens with zero attached hydrogens (tertiary/aromatic N) is 6. The van der Waals surface area contributed by atoms with Crippen LogP contribution in [-0.4, -0.2) is 112 Å². The van der Waals surface area contributed by atoms with Gasteiger partial charge in [-0.3, -0.25) is 4.79 Å². The Labute approximate surface area is 274 Å². The van der Waals surface area contributed by atoms with Crippen LogP contribution >= 0.6 is 0 Å². The van der Waals surface area contributed by atoms with E-state index in [1.165, 1.54) is 12.3 Å². The SMILES string of the molecule is C=CC(=O)N1CCC[C@H]1c1ccc(N2CC(CS(C)(=O)=O)C2)c2cnc(Nc3ccnc(N4CC[C@@H](OCCOC)[C@@H](F)C4)n3)cc12. The molecule has 1 amide bonds. The summed E-state index contributed by atoms with van der Waals surface area (Å²) in [5.74, 6) is 1.65. The maximum absolute atomic E-state index is 14.9. The molecule has 252 valence electrons. The fourth-order valence-electron chi connectivity index (χ4n) is 6.89. The van der Waals surface area contributed by atoms with Crippen LogP contribution in [0.3, 0.4) is 0 Å². The van der Waals surface area contributed by atoms with Gasteiger partial charge in [-0.25, -0.2) is 22.8 Å². The molecule has 1 aromatic carbocycles. The lowest BCUT2D eigenvalue weighted by Gasteiger charge is -2.41. The number of likely N-dealkylation sites (tertiary alicyclic amines) is 1. The van der Waals surface area contributed by atoms with Gasteiger partial charge in [0.05, 0.1) is 37.7 Å². The van der Waals surface area contributed by atoms with Crippen molar-refractivity contribution < 1.29 is 27.1 Å². The number of aromatic nitrogens is 3. The van der Waals surface area contributed by atoms with E-state index < -0.39 is 22.1 Å². The first kappa shape index (κ1) is 33.0. The highest BCUT2D eigenvalue weighted by Gasteiger charge is 2.34. The van der Waals surface area contributed by atoms with Crippen molar-refractivity contribution in [1.29, 1.82) is 0 Å². The van der Waals surface area contributed by atoms with Gasteiger partial charge in [-0.15, -0.1) is 0 Å². The van der Waals surface area contributed by atoms with E-state index in [9.17, 15) is 17.6 Å². The van der Waals surface area contributed by atoms with Crippen LogP contribution < -0.4 is 15.1 Å². The Morgan fingerprint density at radius 1 is 1.09 bits per heavy atom. The van der Waals surface area contributed by atoms with E-state index in [2.05, 4.69) is 38.9 Å². The number of pyridine rings is 1. The number of rotatable bonds is 12. The molecule has 5 heterocycles. The van der Waals surface area contributed by atoms with Crippen LogP contribution in [0.4, 0.5) is 27.7 Å². The van der Waals surface area contributed by atoms with Crippen molar-refractivity contribution in [3.05, 3.63) is 54.9 Å². The van der Waals surface area contributed by atoms with Crippen LogP contribution in [-0.2, 0) is 24.1 Å². The van der Waals surface area contributed by atoms with E-state index in [1.807, 2.05) is 22.1 Å².